The number of hydrogen-bond donors (Lipinski definition) is 1. The summed E-state index contributed by atoms with van der Waals surface area (Å²) in [6.07, 6.45) is 0. The third-order valence-electron chi connectivity index (χ3n) is 4.23. The first-order valence-corrected chi connectivity index (χ1v) is 8.42. The maximum atomic E-state index is 12.5. The standard InChI is InChI=1S/C20H14N2O6/c23-15-9-17(28-16-8-4-1-5-12(15)16)20(26)27-11-19(25)22-10-18(24)21-13-6-2-3-7-14(13)22/h1-9H,10-11H2,(H,21,24). The van der Waals surface area contributed by atoms with Gasteiger partial charge in [-0.25, -0.2) is 4.79 Å². The molecule has 0 atom stereocenters. The summed E-state index contributed by atoms with van der Waals surface area (Å²) in [5.74, 6) is -2.16. The number of carbonyl (C=O) groups excluding carboxylic acids is 3. The van der Waals surface area contributed by atoms with Crippen LogP contribution in [0.25, 0.3) is 11.0 Å². The van der Waals surface area contributed by atoms with Crippen molar-refractivity contribution in [3.8, 4) is 0 Å². The SMILES string of the molecule is O=C1CN(C(=O)COC(=O)c2cc(=O)c3ccccc3o2)c2ccccc2N1. The van der Waals surface area contributed by atoms with Crippen LogP contribution in [0.15, 0.2) is 63.8 Å². The lowest BCUT2D eigenvalue weighted by atomic mass is 10.2. The normalized spacial score (nSPS) is 13.0. The fraction of sp³-hybridized carbons (Fsp3) is 0.100. The zero-order valence-corrected chi connectivity index (χ0v) is 14.5. The Bertz CT molecular complexity index is 1170. The smallest absolute Gasteiger partial charge is 0.374 e. The van der Waals surface area contributed by atoms with Gasteiger partial charge in [-0.05, 0) is 24.3 Å². The van der Waals surface area contributed by atoms with E-state index < -0.39 is 18.5 Å². The predicted molar refractivity (Wildman–Crippen MR) is 100 cm³/mol. The van der Waals surface area contributed by atoms with Crippen molar-refractivity contribution in [3.05, 3.63) is 70.6 Å². The van der Waals surface area contributed by atoms with E-state index in [2.05, 4.69) is 5.32 Å². The Hall–Kier alpha value is -3.94. The van der Waals surface area contributed by atoms with E-state index in [0.717, 1.165) is 6.07 Å². The van der Waals surface area contributed by atoms with Gasteiger partial charge in [-0.2, -0.15) is 0 Å². The Morgan fingerprint density at radius 1 is 1.07 bits per heavy atom. The number of nitrogens with zero attached hydrogens (tertiary/aromatic N) is 1. The summed E-state index contributed by atoms with van der Waals surface area (Å²) < 4.78 is 10.4. The summed E-state index contributed by atoms with van der Waals surface area (Å²) in [5.41, 5.74) is 0.871. The number of anilines is 2. The lowest BCUT2D eigenvalue weighted by Gasteiger charge is -2.28. The summed E-state index contributed by atoms with van der Waals surface area (Å²) >= 11 is 0. The number of nitrogens with one attached hydrogen (secondary N) is 1. The fourth-order valence-corrected chi connectivity index (χ4v) is 2.94. The highest BCUT2D eigenvalue weighted by Gasteiger charge is 2.27. The molecule has 0 spiro atoms. The molecular formula is C20H14N2O6. The summed E-state index contributed by atoms with van der Waals surface area (Å²) in [7, 11) is 0. The molecule has 1 aliphatic heterocycles. The largest absolute Gasteiger partial charge is 0.450 e. The molecule has 0 fully saturated rings. The van der Waals surface area contributed by atoms with Gasteiger partial charge in [-0.15, -0.1) is 0 Å². The quantitative estimate of drug-likeness (QED) is 0.698. The molecule has 2 aromatic carbocycles. The van der Waals surface area contributed by atoms with E-state index in [4.69, 9.17) is 9.15 Å². The molecule has 8 nitrogen and oxygen atoms in total. The number of benzene rings is 2. The molecule has 1 aliphatic rings. The van der Waals surface area contributed by atoms with Gasteiger partial charge in [0.15, 0.2) is 12.0 Å². The molecule has 2 amide bonds. The summed E-state index contributed by atoms with van der Waals surface area (Å²) in [6.45, 7) is -0.782. The molecule has 28 heavy (non-hydrogen) atoms. The Kier molecular flexibility index (Phi) is 4.36. The van der Waals surface area contributed by atoms with Gasteiger partial charge in [0.25, 0.3) is 5.91 Å². The van der Waals surface area contributed by atoms with E-state index >= 15 is 0 Å². The van der Waals surface area contributed by atoms with Gasteiger partial charge >= 0.3 is 5.97 Å². The van der Waals surface area contributed by atoms with Gasteiger partial charge in [-0.3, -0.25) is 19.3 Å². The van der Waals surface area contributed by atoms with Gasteiger partial charge in [0.2, 0.25) is 11.7 Å². The number of para-hydroxylation sites is 3. The van der Waals surface area contributed by atoms with Gasteiger partial charge < -0.3 is 14.5 Å². The number of hydrogen-bond acceptors (Lipinski definition) is 6. The van der Waals surface area contributed by atoms with Crippen LogP contribution in [0.4, 0.5) is 11.4 Å². The first-order valence-electron chi connectivity index (χ1n) is 8.42. The van der Waals surface area contributed by atoms with E-state index in [1.54, 1.807) is 48.5 Å². The second-order valence-corrected chi connectivity index (χ2v) is 6.09. The minimum Gasteiger partial charge on any atom is -0.450 e. The lowest BCUT2D eigenvalue weighted by molar-refractivity contribution is -0.124. The molecule has 3 aromatic rings. The van der Waals surface area contributed by atoms with Crippen molar-refractivity contribution in [2.24, 2.45) is 0 Å². The second-order valence-electron chi connectivity index (χ2n) is 6.09. The fourth-order valence-electron chi connectivity index (χ4n) is 2.94. The van der Waals surface area contributed by atoms with Gasteiger partial charge in [0, 0.05) is 6.07 Å². The molecule has 8 heteroatoms. The lowest BCUT2D eigenvalue weighted by Crippen LogP contribution is -2.44. The number of rotatable bonds is 3. The third-order valence-corrected chi connectivity index (χ3v) is 4.23. The van der Waals surface area contributed by atoms with Crippen LogP contribution in [0.5, 0.6) is 0 Å². The molecular weight excluding hydrogens is 364 g/mol. The second kappa shape index (κ2) is 6.99. The van der Waals surface area contributed by atoms with Crippen molar-refractivity contribution in [1.82, 2.24) is 0 Å². The van der Waals surface area contributed by atoms with Crippen LogP contribution in [-0.4, -0.2) is 30.9 Å². The van der Waals surface area contributed by atoms with Crippen LogP contribution >= 0.6 is 0 Å². The van der Waals surface area contributed by atoms with E-state index in [1.165, 1.54) is 4.90 Å². The average Bonchev–Trinajstić information content (AvgIpc) is 2.71. The Morgan fingerprint density at radius 3 is 2.68 bits per heavy atom. The molecule has 4 rings (SSSR count). The summed E-state index contributed by atoms with van der Waals surface area (Å²) in [4.78, 5) is 49.8. The molecule has 2 heterocycles. The Balaban J connectivity index is 1.50. The van der Waals surface area contributed by atoms with Crippen LogP contribution in [0, 0.1) is 0 Å². The Morgan fingerprint density at radius 2 is 1.82 bits per heavy atom. The van der Waals surface area contributed by atoms with Gasteiger partial charge in [0.1, 0.15) is 12.1 Å². The van der Waals surface area contributed by atoms with E-state index in [-0.39, 0.29) is 29.2 Å². The molecule has 140 valence electrons. The van der Waals surface area contributed by atoms with E-state index in [9.17, 15) is 19.2 Å². The van der Waals surface area contributed by atoms with Crippen molar-refractivity contribution in [2.75, 3.05) is 23.4 Å². The topological polar surface area (TPSA) is 106 Å². The number of esters is 1. The average molecular weight is 378 g/mol. The summed E-state index contributed by atoms with van der Waals surface area (Å²) in [5, 5.41) is 3.01. The van der Waals surface area contributed by atoms with Gasteiger partial charge in [0.05, 0.1) is 16.8 Å². The maximum Gasteiger partial charge on any atom is 0.374 e. The maximum absolute atomic E-state index is 12.5. The van der Waals surface area contributed by atoms with Crippen LogP contribution < -0.4 is 15.6 Å². The highest BCUT2D eigenvalue weighted by molar-refractivity contribution is 6.10. The highest BCUT2D eigenvalue weighted by Crippen LogP contribution is 2.28. The van der Waals surface area contributed by atoms with Crippen LogP contribution in [0.3, 0.4) is 0 Å². The number of amides is 2. The molecule has 1 aromatic heterocycles. The molecule has 1 N–H and O–H groups in total. The minimum absolute atomic E-state index is 0.182. The number of ether oxygens (including phenoxy) is 1. The van der Waals surface area contributed by atoms with Crippen LogP contribution in [-0.2, 0) is 14.3 Å². The monoisotopic (exact) mass is 378 g/mol. The van der Waals surface area contributed by atoms with E-state index in [1.807, 2.05) is 0 Å². The van der Waals surface area contributed by atoms with Crippen LogP contribution in [0.2, 0.25) is 0 Å². The van der Waals surface area contributed by atoms with Crippen LogP contribution in [0.1, 0.15) is 10.6 Å². The van der Waals surface area contributed by atoms with Crippen molar-refractivity contribution >= 4 is 40.1 Å². The van der Waals surface area contributed by atoms with Crippen molar-refractivity contribution < 1.29 is 23.5 Å². The Labute approximate surface area is 158 Å². The zero-order valence-electron chi connectivity index (χ0n) is 14.5. The third kappa shape index (κ3) is 3.23. The zero-order chi connectivity index (χ0) is 19.7. The highest BCUT2D eigenvalue weighted by atomic mass is 16.5. The molecule has 0 bridgehead atoms. The molecule has 0 saturated carbocycles. The van der Waals surface area contributed by atoms with Gasteiger partial charge in [-0.1, -0.05) is 24.3 Å². The molecule has 0 aliphatic carbocycles. The first kappa shape index (κ1) is 17.5. The van der Waals surface area contributed by atoms with Crippen molar-refractivity contribution in [2.45, 2.75) is 0 Å². The van der Waals surface area contributed by atoms with Crippen molar-refractivity contribution in [1.29, 1.82) is 0 Å². The predicted octanol–water partition coefficient (Wildman–Crippen LogP) is 1.94. The molecule has 0 unspecified atom stereocenters. The van der Waals surface area contributed by atoms with Crippen molar-refractivity contribution in [3.63, 3.8) is 0 Å². The summed E-state index contributed by atoms with van der Waals surface area (Å²) in [6, 6.07) is 14.3. The first-order chi connectivity index (χ1) is 13.5. The molecule has 0 saturated heterocycles. The number of carbonyl (C=O) groups is 3. The minimum atomic E-state index is -0.939. The van der Waals surface area contributed by atoms with E-state index in [0.29, 0.717) is 16.8 Å². The number of fused-ring (bicyclic) bond motifs is 2. The molecule has 0 radical (unpaired) electrons.